The van der Waals surface area contributed by atoms with Gasteiger partial charge in [-0.2, -0.15) is 0 Å². The first kappa shape index (κ1) is 11.0. The van der Waals surface area contributed by atoms with E-state index in [1.165, 1.54) is 38.8 Å². The zero-order valence-corrected chi connectivity index (χ0v) is 10.5. The van der Waals surface area contributed by atoms with Crippen molar-refractivity contribution < 1.29 is 4.74 Å². The second-order valence-corrected chi connectivity index (χ2v) is 5.99. The van der Waals surface area contributed by atoms with Gasteiger partial charge in [-0.25, -0.2) is 0 Å². The van der Waals surface area contributed by atoms with Crippen LogP contribution < -0.4 is 5.32 Å². The monoisotopic (exact) mass is 224 g/mol. The van der Waals surface area contributed by atoms with Gasteiger partial charge in [-0.15, -0.1) is 0 Å². The molecule has 3 rings (SSSR count). The van der Waals surface area contributed by atoms with Gasteiger partial charge in [0.05, 0.1) is 6.10 Å². The third kappa shape index (κ3) is 1.89. The van der Waals surface area contributed by atoms with Crippen LogP contribution in [0.2, 0.25) is 0 Å². The molecule has 3 fully saturated rings. The molecule has 1 N–H and O–H groups in total. The Morgan fingerprint density at radius 2 is 2.06 bits per heavy atom. The normalized spacial score (nSPS) is 45.4. The van der Waals surface area contributed by atoms with E-state index in [9.17, 15) is 0 Å². The molecule has 16 heavy (non-hydrogen) atoms. The minimum Gasteiger partial charge on any atom is -0.377 e. The minimum atomic E-state index is 0.292. The molecule has 0 aromatic heterocycles. The molecule has 1 aliphatic carbocycles. The Bertz CT molecular complexity index is 267. The van der Waals surface area contributed by atoms with Gasteiger partial charge < -0.3 is 10.1 Å². The fourth-order valence-corrected chi connectivity index (χ4v) is 3.18. The summed E-state index contributed by atoms with van der Waals surface area (Å²) in [5, 5.41) is 3.76. The van der Waals surface area contributed by atoms with Crippen molar-refractivity contribution in [2.45, 2.75) is 63.3 Å². The van der Waals surface area contributed by atoms with Crippen LogP contribution >= 0.6 is 0 Å². The van der Waals surface area contributed by atoms with E-state index in [0.29, 0.717) is 11.6 Å². The molecule has 2 aliphatic heterocycles. The van der Waals surface area contributed by atoms with Gasteiger partial charge in [0.15, 0.2) is 0 Å². The molecule has 3 nitrogen and oxygen atoms in total. The summed E-state index contributed by atoms with van der Waals surface area (Å²) in [5.41, 5.74) is 0.292. The highest BCUT2D eigenvalue weighted by Gasteiger charge is 2.45. The Morgan fingerprint density at radius 1 is 1.25 bits per heavy atom. The summed E-state index contributed by atoms with van der Waals surface area (Å²) in [6.07, 6.45) is 5.70. The number of nitrogens with one attached hydrogen (secondary N) is 1. The smallest absolute Gasteiger partial charge is 0.0728 e. The van der Waals surface area contributed by atoms with Crippen molar-refractivity contribution in [2.24, 2.45) is 0 Å². The summed E-state index contributed by atoms with van der Waals surface area (Å²) in [7, 11) is 0. The Balaban J connectivity index is 1.59. The number of ether oxygens (including phenoxy) is 1. The van der Waals surface area contributed by atoms with Gasteiger partial charge in [0.1, 0.15) is 0 Å². The lowest BCUT2D eigenvalue weighted by Crippen LogP contribution is -2.50. The van der Waals surface area contributed by atoms with E-state index in [2.05, 4.69) is 24.1 Å². The highest BCUT2D eigenvalue weighted by Crippen LogP contribution is 2.34. The second-order valence-electron chi connectivity index (χ2n) is 5.99. The number of likely N-dealkylation sites (tertiary alicyclic amines) is 1. The van der Waals surface area contributed by atoms with Crippen molar-refractivity contribution in [1.29, 1.82) is 0 Å². The number of rotatable bonds is 3. The van der Waals surface area contributed by atoms with Crippen LogP contribution in [0, 0.1) is 0 Å². The van der Waals surface area contributed by atoms with Gasteiger partial charge in [0, 0.05) is 37.3 Å². The van der Waals surface area contributed by atoms with E-state index in [0.717, 1.165) is 18.7 Å². The second kappa shape index (κ2) is 3.97. The molecule has 0 radical (unpaired) electrons. The predicted molar refractivity (Wildman–Crippen MR) is 64.6 cm³/mol. The van der Waals surface area contributed by atoms with E-state index >= 15 is 0 Å². The van der Waals surface area contributed by atoms with Crippen LogP contribution in [0.1, 0.15) is 39.5 Å². The molecule has 3 atom stereocenters. The van der Waals surface area contributed by atoms with Crippen LogP contribution in [0.3, 0.4) is 0 Å². The maximum absolute atomic E-state index is 5.75. The summed E-state index contributed by atoms with van der Waals surface area (Å²) in [6.45, 7) is 8.02. The largest absolute Gasteiger partial charge is 0.377 e. The Labute approximate surface area is 98.5 Å². The molecule has 3 heteroatoms. The Hall–Kier alpha value is -0.120. The third-order valence-electron chi connectivity index (χ3n) is 4.81. The average molecular weight is 224 g/mol. The van der Waals surface area contributed by atoms with E-state index < -0.39 is 0 Å². The molecule has 3 unspecified atom stereocenters. The van der Waals surface area contributed by atoms with Gasteiger partial charge >= 0.3 is 0 Å². The molecule has 0 amide bonds. The number of hydrogen-bond donors (Lipinski definition) is 1. The summed E-state index contributed by atoms with van der Waals surface area (Å²) in [4.78, 5) is 2.66. The predicted octanol–water partition coefficient (Wildman–Crippen LogP) is 1.38. The zero-order valence-electron chi connectivity index (χ0n) is 10.5. The Kier molecular flexibility index (Phi) is 2.73. The molecule has 0 aromatic carbocycles. The molecular weight excluding hydrogens is 200 g/mol. The van der Waals surface area contributed by atoms with Crippen LogP contribution in [-0.2, 0) is 4.74 Å². The SMILES string of the molecule is CC1OCCC1(C)N1CCC(NC2CC2)C1. The first-order valence-corrected chi connectivity index (χ1v) is 6.81. The maximum atomic E-state index is 5.75. The van der Waals surface area contributed by atoms with Gasteiger partial charge in [0.25, 0.3) is 0 Å². The summed E-state index contributed by atoms with van der Waals surface area (Å²) >= 11 is 0. The molecular formula is C13H24N2O. The molecule has 2 saturated heterocycles. The van der Waals surface area contributed by atoms with Crippen molar-refractivity contribution in [3.8, 4) is 0 Å². The van der Waals surface area contributed by atoms with Gasteiger partial charge in [-0.1, -0.05) is 0 Å². The van der Waals surface area contributed by atoms with Crippen molar-refractivity contribution in [3.63, 3.8) is 0 Å². The molecule has 92 valence electrons. The first-order chi connectivity index (χ1) is 7.68. The first-order valence-electron chi connectivity index (χ1n) is 6.81. The third-order valence-corrected chi connectivity index (χ3v) is 4.81. The molecule has 3 aliphatic rings. The van der Waals surface area contributed by atoms with Gasteiger partial charge in [-0.3, -0.25) is 4.90 Å². The van der Waals surface area contributed by atoms with Crippen LogP contribution in [0.25, 0.3) is 0 Å². The van der Waals surface area contributed by atoms with Crippen molar-refractivity contribution >= 4 is 0 Å². The van der Waals surface area contributed by atoms with Crippen LogP contribution in [0.4, 0.5) is 0 Å². The molecule has 1 saturated carbocycles. The van der Waals surface area contributed by atoms with Crippen molar-refractivity contribution in [3.05, 3.63) is 0 Å². The zero-order chi connectivity index (χ0) is 11.2. The van der Waals surface area contributed by atoms with Gasteiger partial charge in [-0.05, 0) is 39.5 Å². The fraction of sp³-hybridized carbons (Fsp3) is 1.00. The summed E-state index contributed by atoms with van der Waals surface area (Å²) in [5.74, 6) is 0. The molecule has 2 heterocycles. The van der Waals surface area contributed by atoms with Crippen molar-refractivity contribution in [1.82, 2.24) is 10.2 Å². The Morgan fingerprint density at radius 3 is 2.69 bits per heavy atom. The van der Waals surface area contributed by atoms with Crippen molar-refractivity contribution in [2.75, 3.05) is 19.7 Å². The fourth-order valence-electron chi connectivity index (χ4n) is 3.18. The van der Waals surface area contributed by atoms with Crippen LogP contribution in [-0.4, -0.2) is 48.3 Å². The summed E-state index contributed by atoms with van der Waals surface area (Å²) < 4.78 is 5.75. The maximum Gasteiger partial charge on any atom is 0.0728 e. The van der Waals surface area contributed by atoms with E-state index in [1.54, 1.807) is 0 Å². The van der Waals surface area contributed by atoms with E-state index in [-0.39, 0.29) is 0 Å². The lowest BCUT2D eigenvalue weighted by Gasteiger charge is -2.38. The highest BCUT2D eigenvalue weighted by atomic mass is 16.5. The topological polar surface area (TPSA) is 24.5 Å². The minimum absolute atomic E-state index is 0.292. The number of nitrogens with zero attached hydrogens (tertiary/aromatic N) is 1. The van der Waals surface area contributed by atoms with Gasteiger partial charge in [0.2, 0.25) is 0 Å². The van der Waals surface area contributed by atoms with E-state index in [4.69, 9.17) is 4.74 Å². The van der Waals surface area contributed by atoms with E-state index in [1.807, 2.05) is 0 Å². The molecule has 0 bridgehead atoms. The molecule has 0 spiro atoms. The highest BCUT2D eigenvalue weighted by molar-refractivity contribution is 5.00. The lowest BCUT2D eigenvalue weighted by molar-refractivity contribution is 0.0319. The van der Waals surface area contributed by atoms with Crippen LogP contribution in [0.5, 0.6) is 0 Å². The summed E-state index contributed by atoms with van der Waals surface area (Å²) in [6, 6.07) is 1.58. The number of hydrogen-bond acceptors (Lipinski definition) is 3. The van der Waals surface area contributed by atoms with Crippen LogP contribution in [0.15, 0.2) is 0 Å². The molecule has 0 aromatic rings. The standard InChI is InChI=1S/C13H24N2O/c1-10-13(2,6-8-16-10)15-7-5-12(9-15)14-11-3-4-11/h10-12,14H,3-9H2,1-2H3. The quantitative estimate of drug-likeness (QED) is 0.784. The lowest BCUT2D eigenvalue weighted by atomic mass is 9.93. The average Bonchev–Trinajstić information content (AvgIpc) is 2.81.